The quantitative estimate of drug-likeness (QED) is 0.0471. The lowest BCUT2D eigenvalue weighted by Crippen LogP contribution is -1.97. The Labute approximate surface area is 311 Å². The number of unbranched alkanes of at least 4 members (excludes halogenated alkanes) is 14. The first-order valence-electron chi connectivity index (χ1n) is 19.7. The summed E-state index contributed by atoms with van der Waals surface area (Å²) in [5, 5.41) is 8.71. The zero-order valence-corrected chi connectivity index (χ0v) is 31.3. The fraction of sp³-hybridized carbons (Fsp3) is 0.435. The van der Waals surface area contributed by atoms with Crippen LogP contribution in [0.1, 0.15) is 122 Å². The van der Waals surface area contributed by atoms with E-state index in [-0.39, 0.29) is 0 Å². The molecule has 6 heteroatoms. The highest BCUT2D eigenvalue weighted by atomic mass is 16.5. The summed E-state index contributed by atoms with van der Waals surface area (Å²) in [4.78, 5) is 0. The maximum absolute atomic E-state index is 5.99. The monoisotopic (exact) mass is 700 g/mol. The molecule has 274 valence electrons. The summed E-state index contributed by atoms with van der Waals surface area (Å²) < 4.78 is 23.6. The average molecular weight is 701 g/mol. The van der Waals surface area contributed by atoms with Crippen molar-refractivity contribution in [1.82, 2.24) is 10.3 Å². The number of terminal acetylenes is 1. The van der Waals surface area contributed by atoms with Gasteiger partial charge >= 0.3 is 0 Å². The maximum Gasteiger partial charge on any atom is 0.167 e. The molecule has 5 rings (SSSR count). The molecule has 0 aliphatic carbocycles. The standard InChI is InChI=1S/C46H56N2O4/c1-4-7-9-11-13-15-17-19-29-49-41-25-21-37(22-26-41)43-34-45(51-47-43)39-31-36(6-3)32-40(33-39)46-35-44(48-52-46)38-23-27-42(28-24-38)50-30-20-18-16-14-12-10-8-5-2/h3,21-28,31-35H,4-5,7-20,29-30H2,1-2H3. The van der Waals surface area contributed by atoms with E-state index in [2.05, 4.69) is 30.1 Å². The third kappa shape index (κ3) is 12.2. The van der Waals surface area contributed by atoms with E-state index in [1.807, 2.05) is 78.9 Å². The maximum atomic E-state index is 5.99. The van der Waals surface area contributed by atoms with E-state index in [9.17, 15) is 0 Å². The summed E-state index contributed by atoms with van der Waals surface area (Å²) in [5.41, 5.74) is 5.71. The van der Waals surface area contributed by atoms with E-state index < -0.39 is 0 Å². The van der Waals surface area contributed by atoms with Gasteiger partial charge in [0.1, 0.15) is 22.9 Å². The van der Waals surface area contributed by atoms with Crippen LogP contribution in [0.2, 0.25) is 0 Å². The minimum absolute atomic E-state index is 0.616. The smallest absolute Gasteiger partial charge is 0.167 e. The van der Waals surface area contributed by atoms with Gasteiger partial charge in [-0.1, -0.05) is 120 Å². The second-order valence-electron chi connectivity index (χ2n) is 13.8. The Morgan fingerprint density at radius 3 is 1.25 bits per heavy atom. The van der Waals surface area contributed by atoms with Crippen molar-refractivity contribution >= 4 is 0 Å². The molecule has 0 N–H and O–H groups in total. The van der Waals surface area contributed by atoms with Crippen LogP contribution < -0.4 is 9.47 Å². The van der Waals surface area contributed by atoms with Gasteiger partial charge in [0.05, 0.1) is 13.2 Å². The lowest BCUT2D eigenvalue weighted by atomic mass is 10.0. The predicted molar refractivity (Wildman–Crippen MR) is 212 cm³/mol. The fourth-order valence-corrected chi connectivity index (χ4v) is 6.39. The Bertz CT molecular complexity index is 1660. The molecule has 0 saturated heterocycles. The number of hydrogen-bond donors (Lipinski definition) is 0. The molecule has 0 aliphatic rings. The molecule has 0 spiro atoms. The van der Waals surface area contributed by atoms with Crippen LogP contribution >= 0.6 is 0 Å². The van der Waals surface area contributed by atoms with E-state index in [1.165, 1.54) is 89.9 Å². The predicted octanol–water partition coefficient (Wildman–Crippen LogP) is 13.4. The molecule has 5 aromatic rings. The third-order valence-corrected chi connectivity index (χ3v) is 9.52. The van der Waals surface area contributed by atoms with Gasteiger partial charge in [-0.3, -0.25) is 0 Å². The van der Waals surface area contributed by atoms with Crippen molar-refractivity contribution in [3.63, 3.8) is 0 Å². The Kier molecular flexibility index (Phi) is 16.0. The summed E-state index contributed by atoms with van der Waals surface area (Å²) in [6.45, 7) is 6.00. The van der Waals surface area contributed by atoms with E-state index in [0.717, 1.165) is 71.2 Å². The van der Waals surface area contributed by atoms with Crippen LogP contribution in [0, 0.1) is 12.3 Å². The molecule has 3 aromatic carbocycles. The lowest BCUT2D eigenvalue weighted by molar-refractivity contribution is 0.304. The molecular formula is C46H56N2O4. The van der Waals surface area contributed by atoms with Crippen molar-refractivity contribution in [3.05, 3.63) is 84.4 Å². The molecule has 2 aromatic heterocycles. The molecule has 0 saturated carbocycles. The van der Waals surface area contributed by atoms with Gasteiger partial charge in [-0.15, -0.1) is 6.42 Å². The van der Waals surface area contributed by atoms with Crippen LogP contribution in [0.4, 0.5) is 0 Å². The van der Waals surface area contributed by atoms with Crippen LogP contribution in [-0.4, -0.2) is 23.5 Å². The van der Waals surface area contributed by atoms with Crippen LogP contribution in [0.25, 0.3) is 45.2 Å². The molecule has 6 nitrogen and oxygen atoms in total. The van der Waals surface area contributed by atoms with Crippen LogP contribution in [0.5, 0.6) is 11.5 Å². The van der Waals surface area contributed by atoms with E-state index in [4.69, 9.17) is 24.9 Å². The van der Waals surface area contributed by atoms with Gasteiger partial charge in [-0.25, -0.2) is 0 Å². The van der Waals surface area contributed by atoms with Crippen molar-refractivity contribution in [2.24, 2.45) is 0 Å². The first-order valence-corrected chi connectivity index (χ1v) is 19.7. The molecule has 0 bridgehead atoms. The van der Waals surface area contributed by atoms with Gasteiger partial charge in [0.2, 0.25) is 0 Å². The molecule has 0 fully saturated rings. The van der Waals surface area contributed by atoms with Crippen LogP contribution in [0.3, 0.4) is 0 Å². The van der Waals surface area contributed by atoms with Crippen molar-refractivity contribution in [3.8, 4) is 69.0 Å². The summed E-state index contributed by atoms with van der Waals surface area (Å²) >= 11 is 0. The third-order valence-electron chi connectivity index (χ3n) is 9.52. The van der Waals surface area contributed by atoms with Gasteiger partial charge in [0.15, 0.2) is 11.5 Å². The SMILES string of the molecule is C#Cc1cc(-c2cc(-c3ccc(OCCCCCCCCCC)cc3)no2)cc(-c2cc(-c3ccc(OCCCCCCCCCC)cc3)no2)c1. The van der Waals surface area contributed by atoms with Gasteiger partial charge in [-0.2, -0.15) is 0 Å². The van der Waals surface area contributed by atoms with Crippen molar-refractivity contribution in [1.29, 1.82) is 0 Å². The zero-order valence-electron chi connectivity index (χ0n) is 31.3. The number of ether oxygens (including phenoxy) is 2. The highest BCUT2D eigenvalue weighted by Gasteiger charge is 2.15. The molecular weight excluding hydrogens is 645 g/mol. The molecule has 2 heterocycles. The Balaban J connectivity index is 1.13. The molecule has 0 amide bonds. The number of benzene rings is 3. The lowest BCUT2D eigenvalue weighted by Gasteiger charge is -2.07. The van der Waals surface area contributed by atoms with Crippen molar-refractivity contribution in [2.75, 3.05) is 13.2 Å². The average Bonchev–Trinajstić information content (AvgIpc) is 3.89. The van der Waals surface area contributed by atoms with Gasteiger partial charge in [0, 0.05) is 39.9 Å². The zero-order chi connectivity index (χ0) is 36.2. The highest BCUT2D eigenvalue weighted by Crippen LogP contribution is 2.33. The first kappa shape index (κ1) is 38.5. The Hall–Kier alpha value is -4.76. The Morgan fingerprint density at radius 1 is 0.481 bits per heavy atom. The number of hydrogen-bond acceptors (Lipinski definition) is 6. The molecule has 0 atom stereocenters. The number of nitrogens with zero attached hydrogens (tertiary/aromatic N) is 2. The molecule has 0 unspecified atom stereocenters. The molecule has 0 radical (unpaired) electrons. The van der Waals surface area contributed by atoms with Gasteiger partial charge in [0.25, 0.3) is 0 Å². The number of aromatic nitrogens is 2. The summed E-state index contributed by atoms with van der Waals surface area (Å²) in [7, 11) is 0. The minimum Gasteiger partial charge on any atom is -0.494 e. The van der Waals surface area contributed by atoms with Crippen molar-refractivity contribution in [2.45, 2.75) is 117 Å². The molecule has 52 heavy (non-hydrogen) atoms. The van der Waals surface area contributed by atoms with E-state index in [1.54, 1.807) is 0 Å². The number of rotatable bonds is 24. The fourth-order valence-electron chi connectivity index (χ4n) is 6.39. The van der Waals surface area contributed by atoms with Gasteiger partial charge < -0.3 is 18.5 Å². The van der Waals surface area contributed by atoms with Crippen molar-refractivity contribution < 1.29 is 18.5 Å². The Morgan fingerprint density at radius 2 is 0.865 bits per heavy atom. The minimum atomic E-state index is 0.616. The summed E-state index contributed by atoms with van der Waals surface area (Å²) in [6.07, 6.45) is 26.4. The van der Waals surface area contributed by atoms with Crippen LogP contribution in [-0.2, 0) is 0 Å². The van der Waals surface area contributed by atoms with Gasteiger partial charge in [-0.05, 0) is 79.6 Å². The summed E-state index contributed by atoms with van der Waals surface area (Å²) in [5.74, 6) is 5.73. The largest absolute Gasteiger partial charge is 0.494 e. The second-order valence-corrected chi connectivity index (χ2v) is 13.8. The normalized spacial score (nSPS) is 11.1. The van der Waals surface area contributed by atoms with E-state index in [0.29, 0.717) is 17.1 Å². The van der Waals surface area contributed by atoms with Crippen LogP contribution in [0.15, 0.2) is 87.9 Å². The first-order chi connectivity index (χ1) is 25.7. The molecule has 0 aliphatic heterocycles. The second kappa shape index (κ2) is 21.6. The highest BCUT2D eigenvalue weighted by molar-refractivity contribution is 5.75. The summed E-state index contributed by atoms with van der Waals surface area (Å²) in [6, 6.07) is 25.7. The van der Waals surface area contributed by atoms with E-state index >= 15 is 0 Å². The topological polar surface area (TPSA) is 70.5 Å².